The van der Waals surface area contributed by atoms with Crippen molar-refractivity contribution in [2.45, 2.75) is 4.90 Å². The van der Waals surface area contributed by atoms with Gasteiger partial charge in [-0.1, -0.05) is 18.2 Å². The highest BCUT2D eigenvalue weighted by Gasteiger charge is 2.24. The van der Waals surface area contributed by atoms with Gasteiger partial charge in [0, 0.05) is 11.5 Å². The Morgan fingerprint density at radius 1 is 0.846 bits per heavy atom. The molecule has 4 aromatic rings. The molecule has 0 saturated heterocycles. The van der Waals surface area contributed by atoms with Crippen molar-refractivity contribution in [1.29, 1.82) is 0 Å². The lowest BCUT2D eigenvalue weighted by molar-refractivity contribution is -0.394. The highest BCUT2D eigenvalue weighted by Crippen LogP contribution is 2.37. The van der Waals surface area contributed by atoms with E-state index in [2.05, 4.69) is 21.1 Å². The molecule has 0 aromatic heterocycles. The first-order valence-corrected chi connectivity index (χ1v) is 11.9. The molecule has 0 amide bonds. The molecule has 0 bridgehead atoms. The molecular weight excluding hydrogens is 540 g/mol. The number of hydrogen-bond donors (Lipinski definition) is 4. The van der Waals surface area contributed by atoms with Crippen LogP contribution in [0.25, 0.3) is 10.8 Å². The summed E-state index contributed by atoms with van der Waals surface area (Å²) in [7, 11) is -4.45. The fraction of sp³-hybridized carbons (Fsp3) is 0. The molecule has 0 aliphatic heterocycles. The summed E-state index contributed by atoms with van der Waals surface area (Å²) in [6, 6.07) is 11.6. The number of nitro groups is 2. The summed E-state index contributed by atoms with van der Waals surface area (Å²) in [6.45, 7) is 0. The number of rotatable bonds is 7. The molecule has 0 atom stereocenters. The van der Waals surface area contributed by atoms with E-state index in [0.717, 1.165) is 24.3 Å². The van der Waals surface area contributed by atoms with E-state index in [9.17, 15) is 47.9 Å². The number of phenols is 1. The molecule has 0 unspecified atom stereocenters. The minimum absolute atomic E-state index is 0.280. The summed E-state index contributed by atoms with van der Waals surface area (Å²) < 4.78 is 32.0. The average Bonchev–Trinajstić information content (AvgIpc) is 2.87. The third-order valence-electron chi connectivity index (χ3n) is 5.29. The number of aromatic hydroxyl groups is 1. The number of nitrogens with zero attached hydrogens (tertiary/aromatic N) is 4. The van der Waals surface area contributed by atoms with E-state index in [1.807, 2.05) is 0 Å². The first-order valence-electron chi connectivity index (χ1n) is 10.5. The largest absolute Gasteiger partial charge is 0.501 e. The zero-order valence-corrected chi connectivity index (χ0v) is 19.9. The molecule has 0 radical (unpaired) electrons. The third-order valence-corrected chi connectivity index (χ3v) is 6.14. The molecule has 198 valence electrons. The lowest BCUT2D eigenvalue weighted by atomic mass is 10.1. The van der Waals surface area contributed by atoms with E-state index in [4.69, 9.17) is 0 Å². The second-order valence-corrected chi connectivity index (χ2v) is 9.17. The molecule has 16 nitrogen and oxygen atoms in total. The molecule has 0 aliphatic rings. The van der Waals surface area contributed by atoms with Crippen molar-refractivity contribution >= 4 is 43.6 Å². The number of hydrogen-bond acceptors (Lipinski definition) is 13. The number of benzene rings is 4. The van der Waals surface area contributed by atoms with Crippen LogP contribution in [-0.4, -0.2) is 27.9 Å². The highest BCUT2D eigenvalue weighted by atomic mass is 32.2. The van der Waals surface area contributed by atoms with Gasteiger partial charge in [-0.2, -0.15) is 18.6 Å². The van der Waals surface area contributed by atoms with Gasteiger partial charge in [0.25, 0.3) is 15.8 Å². The minimum atomic E-state index is -4.45. The molecule has 4 rings (SSSR count). The normalized spacial score (nSPS) is 12.4. The van der Waals surface area contributed by atoms with Gasteiger partial charge in [0.05, 0.1) is 26.5 Å². The lowest BCUT2D eigenvalue weighted by Crippen LogP contribution is -2.47. The van der Waals surface area contributed by atoms with E-state index in [1.54, 1.807) is 6.07 Å². The zero-order chi connectivity index (χ0) is 28.5. The van der Waals surface area contributed by atoms with Crippen molar-refractivity contribution in [1.82, 2.24) is 0 Å². The summed E-state index contributed by atoms with van der Waals surface area (Å²) in [5.74, 6) is -0.970. The van der Waals surface area contributed by atoms with Crippen LogP contribution in [0.4, 0.5) is 22.7 Å². The molecule has 0 aliphatic carbocycles. The third kappa shape index (κ3) is 5.43. The Morgan fingerprint density at radius 3 is 2.23 bits per heavy atom. The molecule has 0 fully saturated rings. The molecular formula is C22H14N6O10S. The number of anilines is 2. The van der Waals surface area contributed by atoms with Gasteiger partial charge in [-0.3, -0.25) is 45.2 Å². The second-order valence-electron chi connectivity index (χ2n) is 7.75. The van der Waals surface area contributed by atoms with E-state index in [0.29, 0.717) is 16.8 Å². The van der Waals surface area contributed by atoms with E-state index in [1.165, 1.54) is 24.3 Å². The molecule has 0 spiro atoms. The van der Waals surface area contributed by atoms with Gasteiger partial charge < -0.3 is 5.11 Å². The Morgan fingerprint density at radius 2 is 1.56 bits per heavy atom. The number of nitro benzene ring substituents is 2. The number of fused-ring (bicyclic) bond motifs is 1. The van der Waals surface area contributed by atoms with Crippen LogP contribution in [0, 0.1) is 20.2 Å². The Hall–Kier alpha value is -5.55. The van der Waals surface area contributed by atoms with Crippen LogP contribution in [0.3, 0.4) is 0 Å². The first-order chi connectivity index (χ1) is 18.4. The van der Waals surface area contributed by atoms with Crippen LogP contribution in [0.2, 0.25) is 0 Å². The molecule has 17 heteroatoms. The van der Waals surface area contributed by atoms with Crippen LogP contribution < -0.4 is 32.4 Å². The molecule has 0 saturated carbocycles. The number of non-ortho nitro benzene ring substituents is 1. The maximum absolute atomic E-state index is 12.8. The molecule has 4 N–H and O–H groups in total. The quantitative estimate of drug-likeness (QED) is 0.108. The Balaban J connectivity index is 1.75. The smallest absolute Gasteiger partial charge is 0.319 e. The topological polar surface area (TPSA) is 244 Å². The second kappa shape index (κ2) is 10.1. The Kier molecular flexibility index (Phi) is 6.85. The van der Waals surface area contributed by atoms with Crippen molar-refractivity contribution in [3.8, 4) is 5.75 Å². The van der Waals surface area contributed by atoms with Crippen LogP contribution in [0.1, 0.15) is 0 Å². The van der Waals surface area contributed by atoms with Gasteiger partial charge in [-0.15, -0.1) is 0 Å². The fourth-order valence-corrected chi connectivity index (χ4v) is 3.94. The van der Waals surface area contributed by atoms with Crippen LogP contribution >= 0.6 is 0 Å². The SMILES string of the molecule is O=c1ccc(=NNc2cc([N+](=O)[O-])cc([N+](=O)[O-])c2O)c(=O)c1=NNc1cccc2cc(S(=O)(=O)O)ccc12. The molecule has 4 aromatic carbocycles. The van der Waals surface area contributed by atoms with Gasteiger partial charge in [0.2, 0.25) is 16.6 Å². The summed E-state index contributed by atoms with van der Waals surface area (Å²) in [5, 5.41) is 39.6. The van der Waals surface area contributed by atoms with E-state index in [-0.39, 0.29) is 10.6 Å². The summed E-state index contributed by atoms with van der Waals surface area (Å²) >= 11 is 0. The van der Waals surface area contributed by atoms with Gasteiger partial charge in [-0.05, 0) is 35.7 Å². The summed E-state index contributed by atoms with van der Waals surface area (Å²) in [5.41, 5.74) is 0.957. The molecule has 39 heavy (non-hydrogen) atoms. The predicted octanol–water partition coefficient (Wildman–Crippen LogP) is 1.06. The maximum Gasteiger partial charge on any atom is 0.319 e. The van der Waals surface area contributed by atoms with Gasteiger partial charge in [0.15, 0.2) is 5.36 Å². The first kappa shape index (κ1) is 26.5. The Labute approximate surface area is 215 Å². The Bertz CT molecular complexity index is 2020. The summed E-state index contributed by atoms with van der Waals surface area (Å²) in [4.78, 5) is 45.0. The van der Waals surface area contributed by atoms with Crippen molar-refractivity contribution in [2.75, 3.05) is 10.9 Å². The number of phenolic OH excluding ortho intramolecular Hbond substituents is 1. The number of nitrogens with one attached hydrogen (secondary N) is 2. The fourth-order valence-electron chi connectivity index (χ4n) is 3.43. The van der Waals surface area contributed by atoms with Crippen LogP contribution in [0.5, 0.6) is 5.75 Å². The zero-order valence-electron chi connectivity index (χ0n) is 19.1. The summed E-state index contributed by atoms with van der Waals surface area (Å²) in [6.07, 6.45) is 0. The average molecular weight is 554 g/mol. The van der Waals surface area contributed by atoms with E-state index >= 15 is 0 Å². The lowest BCUT2D eigenvalue weighted by Gasteiger charge is -2.06. The maximum atomic E-state index is 12.8. The van der Waals surface area contributed by atoms with E-state index < -0.39 is 64.3 Å². The molecule has 0 heterocycles. The predicted molar refractivity (Wildman–Crippen MR) is 135 cm³/mol. The standard InChI is InChI=1S/C22H14N6O10S/c29-19-7-6-16(24-25-17-9-12(27(32)33)10-18(21(17)30)28(34)35)22(31)20(19)26-23-15-3-1-2-11-8-13(39(36,37)38)4-5-14(11)15/h1-10,23,25,30H,(H,36,37,38). The van der Waals surface area contributed by atoms with Crippen LogP contribution in [-0.2, 0) is 10.1 Å². The van der Waals surface area contributed by atoms with Crippen molar-refractivity contribution in [3.05, 3.63) is 112 Å². The van der Waals surface area contributed by atoms with Gasteiger partial charge >= 0.3 is 5.69 Å². The highest BCUT2D eigenvalue weighted by molar-refractivity contribution is 7.85. The minimum Gasteiger partial charge on any atom is -0.501 e. The van der Waals surface area contributed by atoms with Crippen molar-refractivity contribution < 1.29 is 27.9 Å². The van der Waals surface area contributed by atoms with Crippen LogP contribution in [0.15, 0.2) is 85.4 Å². The van der Waals surface area contributed by atoms with Crippen molar-refractivity contribution in [3.63, 3.8) is 0 Å². The monoisotopic (exact) mass is 554 g/mol. The van der Waals surface area contributed by atoms with Gasteiger partial charge in [0.1, 0.15) is 11.0 Å². The van der Waals surface area contributed by atoms with Crippen molar-refractivity contribution in [2.24, 2.45) is 10.2 Å². The van der Waals surface area contributed by atoms with Gasteiger partial charge in [-0.25, -0.2) is 0 Å².